The lowest BCUT2D eigenvalue weighted by Crippen LogP contribution is -2.42. The fraction of sp³-hybridized carbons (Fsp3) is 0.273. The minimum atomic E-state index is -1.35. The molecule has 98 valence electrons. The van der Waals surface area contributed by atoms with E-state index in [4.69, 9.17) is 10.9 Å². The first kappa shape index (κ1) is 13.9. The topological polar surface area (TPSA) is 87.7 Å². The Kier molecular flexibility index (Phi) is 3.85. The van der Waals surface area contributed by atoms with Crippen LogP contribution in [0.3, 0.4) is 0 Å². The summed E-state index contributed by atoms with van der Waals surface area (Å²) in [5, 5.41) is 13.4. The van der Waals surface area contributed by atoms with E-state index in [1.165, 1.54) is 26.0 Å². The molecule has 0 aliphatic carbocycles. The summed E-state index contributed by atoms with van der Waals surface area (Å²) in [5.74, 6) is -3.30. The molecule has 0 saturated heterocycles. The van der Waals surface area contributed by atoms with Gasteiger partial charge in [-0.25, -0.2) is 8.78 Å². The van der Waals surface area contributed by atoms with Gasteiger partial charge in [0.1, 0.15) is 5.41 Å². The molecule has 0 radical (unpaired) electrons. The second-order valence-electron chi connectivity index (χ2n) is 4.17. The number of anilines is 1. The predicted octanol–water partition coefficient (Wildman–Crippen LogP) is 1.68. The van der Waals surface area contributed by atoms with E-state index >= 15 is 0 Å². The van der Waals surface area contributed by atoms with Crippen LogP contribution in [0.1, 0.15) is 13.8 Å². The van der Waals surface area contributed by atoms with Crippen molar-refractivity contribution in [2.45, 2.75) is 13.8 Å². The van der Waals surface area contributed by atoms with Gasteiger partial charge in [-0.1, -0.05) is 11.2 Å². The Hall–Kier alpha value is -2.18. The highest BCUT2D eigenvalue weighted by Crippen LogP contribution is 2.21. The van der Waals surface area contributed by atoms with Crippen molar-refractivity contribution in [1.82, 2.24) is 0 Å². The third kappa shape index (κ3) is 2.55. The smallest absolute Gasteiger partial charge is 0.237 e. The minimum Gasteiger partial charge on any atom is -0.409 e. The number of nitrogens with zero attached hydrogens (tertiary/aromatic N) is 1. The zero-order chi connectivity index (χ0) is 13.9. The Morgan fingerprint density at radius 1 is 1.44 bits per heavy atom. The average molecular weight is 257 g/mol. The van der Waals surface area contributed by atoms with Crippen molar-refractivity contribution in [2.75, 3.05) is 5.32 Å². The monoisotopic (exact) mass is 257 g/mol. The summed E-state index contributed by atoms with van der Waals surface area (Å²) >= 11 is 0. The lowest BCUT2D eigenvalue weighted by molar-refractivity contribution is -0.121. The molecule has 7 heteroatoms. The second-order valence-corrected chi connectivity index (χ2v) is 4.17. The summed E-state index contributed by atoms with van der Waals surface area (Å²) in [6, 6.07) is 3.39. The first-order valence-electron chi connectivity index (χ1n) is 5.04. The number of hydrogen-bond donors (Lipinski definition) is 3. The van der Waals surface area contributed by atoms with Gasteiger partial charge in [0.25, 0.3) is 0 Å². The molecular weight excluding hydrogens is 244 g/mol. The Morgan fingerprint density at radius 2 is 2.06 bits per heavy atom. The van der Waals surface area contributed by atoms with Crippen LogP contribution in [0.5, 0.6) is 0 Å². The molecule has 0 fully saturated rings. The van der Waals surface area contributed by atoms with Crippen LogP contribution in [0.25, 0.3) is 0 Å². The van der Waals surface area contributed by atoms with Crippen molar-refractivity contribution in [3.05, 3.63) is 29.8 Å². The number of nitrogens with one attached hydrogen (secondary N) is 1. The summed E-state index contributed by atoms with van der Waals surface area (Å²) in [6.07, 6.45) is 0. The molecule has 0 aromatic heterocycles. The van der Waals surface area contributed by atoms with Crippen LogP contribution in [0.15, 0.2) is 23.4 Å². The quantitative estimate of drug-likeness (QED) is 0.333. The average Bonchev–Trinajstić information content (AvgIpc) is 2.33. The van der Waals surface area contributed by atoms with E-state index in [9.17, 15) is 13.6 Å². The molecule has 0 unspecified atom stereocenters. The van der Waals surface area contributed by atoms with Gasteiger partial charge in [-0.2, -0.15) is 0 Å². The minimum absolute atomic E-state index is 0.307. The van der Waals surface area contributed by atoms with Gasteiger partial charge in [-0.3, -0.25) is 4.79 Å². The van der Waals surface area contributed by atoms with Gasteiger partial charge in [-0.05, 0) is 26.0 Å². The van der Waals surface area contributed by atoms with Crippen molar-refractivity contribution in [3.63, 3.8) is 0 Å². The number of halogens is 2. The number of rotatable bonds is 3. The zero-order valence-electron chi connectivity index (χ0n) is 9.87. The molecular formula is C11H13F2N3O2. The normalized spacial score (nSPS) is 12.3. The summed E-state index contributed by atoms with van der Waals surface area (Å²) < 4.78 is 26.3. The van der Waals surface area contributed by atoms with E-state index in [-0.39, 0.29) is 11.5 Å². The highest BCUT2D eigenvalue weighted by molar-refractivity contribution is 6.11. The Morgan fingerprint density at radius 3 is 2.61 bits per heavy atom. The summed E-state index contributed by atoms with van der Waals surface area (Å²) in [7, 11) is 0. The van der Waals surface area contributed by atoms with E-state index < -0.39 is 23.0 Å². The van der Waals surface area contributed by atoms with E-state index in [2.05, 4.69) is 10.5 Å². The van der Waals surface area contributed by atoms with Gasteiger partial charge in [0, 0.05) is 0 Å². The molecule has 0 heterocycles. The molecule has 0 saturated carbocycles. The molecule has 18 heavy (non-hydrogen) atoms. The van der Waals surface area contributed by atoms with Gasteiger partial charge in [-0.15, -0.1) is 0 Å². The first-order valence-corrected chi connectivity index (χ1v) is 5.04. The molecule has 0 atom stereocenters. The van der Waals surface area contributed by atoms with Crippen LogP contribution in [-0.2, 0) is 4.79 Å². The third-order valence-electron chi connectivity index (χ3n) is 2.52. The molecule has 0 aliphatic rings. The van der Waals surface area contributed by atoms with Gasteiger partial charge in [0.15, 0.2) is 17.5 Å². The number of amides is 1. The van der Waals surface area contributed by atoms with E-state index in [0.29, 0.717) is 0 Å². The molecule has 5 nitrogen and oxygen atoms in total. The highest BCUT2D eigenvalue weighted by atomic mass is 19.2. The SMILES string of the molecule is CC(C)(C(=O)Nc1cccc(F)c1F)C(N)=NO. The third-order valence-corrected chi connectivity index (χ3v) is 2.52. The van der Waals surface area contributed by atoms with Crippen molar-refractivity contribution in [1.29, 1.82) is 0 Å². The maximum atomic E-state index is 13.3. The summed E-state index contributed by atoms with van der Waals surface area (Å²) in [6.45, 7) is 2.77. The van der Waals surface area contributed by atoms with Crippen molar-refractivity contribution in [3.8, 4) is 0 Å². The molecule has 4 N–H and O–H groups in total. The van der Waals surface area contributed by atoms with Crippen molar-refractivity contribution in [2.24, 2.45) is 16.3 Å². The number of nitrogens with two attached hydrogens (primary N) is 1. The molecule has 0 aliphatic heterocycles. The summed E-state index contributed by atoms with van der Waals surface area (Å²) in [4.78, 5) is 11.8. The van der Waals surface area contributed by atoms with Crippen LogP contribution in [0, 0.1) is 17.0 Å². The van der Waals surface area contributed by atoms with E-state index in [1.807, 2.05) is 0 Å². The number of benzene rings is 1. The van der Waals surface area contributed by atoms with Crippen molar-refractivity contribution < 1.29 is 18.8 Å². The maximum Gasteiger partial charge on any atom is 0.237 e. The number of oxime groups is 1. The molecule has 0 spiro atoms. The molecule has 1 rings (SSSR count). The first-order chi connectivity index (χ1) is 8.30. The van der Waals surface area contributed by atoms with Gasteiger partial charge >= 0.3 is 0 Å². The van der Waals surface area contributed by atoms with Gasteiger partial charge < -0.3 is 16.3 Å². The van der Waals surface area contributed by atoms with E-state index in [1.54, 1.807) is 0 Å². The molecule has 0 bridgehead atoms. The highest BCUT2D eigenvalue weighted by Gasteiger charge is 2.33. The van der Waals surface area contributed by atoms with Crippen LogP contribution in [0.4, 0.5) is 14.5 Å². The predicted molar refractivity (Wildman–Crippen MR) is 62.2 cm³/mol. The van der Waals surface area contributed by atoms with Crippen LogP contribution in [0.2, 0.25) is 0 Å². The van der Waals surface area contributed by atoms with Gasteiger partial charge in [0.05, 0.1) is 5.69 Å². The zero-order valence-corrected chi connectivity index (χ0v) is 9.87. The van der Waals surface area contributed by atoms with Crippen LogP contribution >= 0.6 is 0 Å². The Balaban J connectivity index is 2.99. The fourth-order valence-corrected chi connectivity index (χ4v) is 1.12. The number of carbonyl (C=O) groups excluding carboxylic acids is 1. The van der Waals surface area contributed by atoms with Crippen LogP contribution < -0.4 is 11.1 Å². The Bertz CT molecular complexity index is 501. The maximum absolute atomic E-state index is 13.3. The van der Waals surface area contributed by atoms with Crippen molar-refractivity contribution >= 4 is 17.4 Å². The van der Waals surface area contributed by atoms with Crippen LogP contribution in [-0.4, -0.2) is 17.0 Å². The molecule has 1 aromatic carbocycles. The second kappa shape index (κ2) is 4.99. The van der Waals surface area contributed by atoms with Gasteiger partial charge in [0.2, 0.25) is 5.91 Å². The van der Waals surface area contributed by atoms with E-state index in [0.717, 1.165) is 6.07 Å². The summed E-state index contributed by atoms with van der Waals surface area (Å²) in [5.41, 5.74) is 3.68. The number of hydrogen-bond acceptors (Lipinski definition) is 3. The lowest BCUT2D eigenvalue weighted by atomic mass is 9.91. The fourth-order valence-electron chi connectivity index (χ4n) is 1.12. The Labute approximate surface area is 102 Å². The number of carbonyl (C=O) groups is 1. The largest absolute Gasteiger partial charge is 0.409 e. The molecule has 1 amide bonds. The number of amidine groups is 1. The lowest BCUT2D eigenvalue weighted by Gasteiger charge is -2.21. The standard InChI is InChI=1S/C11H13F2N3O2/c1-11(2,9(14)16-18)10(17)15-7-5-3-4-6(12)8(7)13/h3-5,18H,1-2H3,(H2,14,16)(H,15,17). The molecule has 1 aromatic rings.